The van der Waals surface area contributed by atoms with Gasteiger partial charge in [-0.25, -0.2) is 0 Å². The van der Waals surface area contributed by atoms with Gasteiger partial charge in [0.1, 0.15) is 0 Å². The molecule has 0 aromatic heterocycles. The van der Waals surface area contributed by atoms with Crippen molar-refractivity contribution in [3.8, 4) is 0 Å². The lowest BCUT2D eigenvalue weighted by Crippen LogP contribution is -2.41. The van der Waals surface area contributed by atoms with Gasteiger partial charge in [-0.2, -0.15) is 0 Å². The fraction of sp³-hybridized carbons (Fsp3) is 0.968. The lowest BCUT2D eigenvalue weighted by atomic mass is 9.99. The van der Waals surface area contributed by atoms with Crippen molar-refractivity contribution in [2.45, 2.75) is 170 Å². The van der Waals surface area contributed by atoms with Gasteiger partial charge in [0.2, 0.25) is 5.91 Å². The highest BCUT2D eigenvalue weighted by Gasteiger charge is 2.22. The van der Waals surface area contributed by atoms with Crippen LogP contribution in [0, 0.1) is 0 Å². The summed E-state index contributed by atoms with van der Waals surface area (Å²) in [6.45, 7) is 17.1. The van der Waals surface area contributed by atoms with Crippen molar-refractivity contribution in [2.75, 3.05) is 27.2 Å². The highest BCUT2D eigenvalue weighted by molar-refractivity contribution is 5.76. The molecule has 0 bridgehead atoms. The zero-order chi connectivity index (χ0) is 26.5. The van der Waals surface area contributed by atoms with E-state index in [1.165, 1.54) is 96.3 Å². The standard InChI is InChI=1S/C26H54N2O.C3H8.C2H6/c1-6-9-12-14-16-21-25(20-11-8-3)28(24-19-18-23-27(4)5)26(29)22-17-15-13-10-7-2;1-3-2;1-2/h25H,6-24H2,1-5H3;3H2,1-2H3;1-2H3. The van der Waals surface area contributed by atoms with E-state index < -0.39 is 0 Å². The highest BCUT2D eigenvalue weighted by Crippen LogP contribution is 2.20. The summed E-state index contributed by atoms with van der Waals surface area (Å²) in [4.78, 5) is 17.7. The number of carbonyl (C=O) groups excluding carboxylic acids is 1. The first-order valence-electron chi connectivity index (χ1n) is 15.4. The Labute approximate surface area is 217 Å². The van der Waals surface area contributed by atoms with Crippen molar-refractivity contribution in [1.29, 1.82) is 0 Å². The molecule has 0 aliphatic heterocycles. The number of nitrogens with zero attached hydrogens (tertiary/aromatic N) is 2. The van der Waals surface area contributed by atoms with Crippen LogP contribution in [0.3, 0.4) is 0 Å². The van der Waals surface area contributed by atoms with Gasteiger partial charge >= 0.3 is 0 Å². The first kappa shape index (κ1) is 38.0. The molecule has 3 heteroatoms. The van der Waals surface area contributed by atoms with Gasteiger partial charge < -0.3 is 9.80 Å². The lowest BCUT2D eigenvalue weighted by molar-refractivity contribution is -0.134. The van der Waals surface area contributed by atoms with E-state index in [2.05, 4.69) is 58.5 Å². The van der Waals surface area contributed by atoms with Gasteiger partial charge in [-0.15, -0.1) is 0 Å². The average molecular weight is 485 g/mol. The molecule has 0 fully saturated rings. The van der Waals surface area contributed by atoms with E-state index in [0.717, 1.165) is 32.4 Å². The van der Waals surface area contributed by atoms with Crippen LogP contribution in [0.1, 0.15) is 164 Å². The van der Waals surface area contributed by atoms with Gasteiger partial charge in [-0.1, -0.05) is 126 Å². The monoisotopic (exact) mass is 485 g/mol. The number of hydrogen-bond acceptors (Lipinski definition) is 2. The molecule has 0 aromatic carbocycles. The highest BCUT2D eigenvalue weighted by atomic mass is 16.2. The Bertz CT molecular complexity index is 370. The van der Waals surface area contributed by atoms with E-state index in [9.17, 15) is 4.79 Å². The summed E-state index contributed by atoms with van der Waals surface area (Å²) in [5.41, 5.74) is 0. The van der Waals surface area contributed by atoms with E-state index in [-0.39, 0.29) is 0 Å². The minimum Gasteiger partial charge on any atom is -0.340 e. The Morgan fingerprint density at radius 2 is 1.03 bits per heavy atom. The minimum absolute atomic E-state index is 0.431. The van der Waals surface area contributed by atoms with Crippen molar-refractivity contribution in [2.24, 2.45) is 0 Å². The van der Waals surface area contributed by atoms with Crippen LogP contribution in [0.15, 0.2) is 0 Å². The summed E-state index contributed by atoms with van der Waals surface area (Å²) < 4.78 is 0. The summed E-state index contributed by atoms with van der Waals surface area (Å²) in [7, 11) is 4.28. The molecule has 0 aliphatic carbocycles. The Balaban J connectivity index is -0.00000177. The molecule has 208 valence electrons. The van der Waals surface area contributed by atoms with Crippen LogP contribution < -0.4 is 0 Å². The van der Waals surface area contributed by atoms with Crippen molar-refractivity contribution < 1.29 is 4.79 Å². The maximum atomic E-state index is 13.2. The van der Waals surface area contributed by atoms with Gasteiger partial charge in [0.05, 0.1) is 0 Å². The van der Waals surface area contributed by atoms with Crippen LogP contribution in [-0.4, -0.2) is 48.9 Å². The SMILES string of the molecule is CC.CCC.CCCCCCCC(=O)N(CCCCN(C)C)C(CCCC)CCCCCCC. The maximum Gasteiger partial charge on any atom is 0.222 e. The molecule has 3 nitrogen and oxygen atoms in total. The normalized spacial score (nSPS) is 11.4. The molecule has 0 heterocycles. The summed E-state index contributed by atoms with van der Waals surface area (Å²) in [5.74, 6) is 0.431. The quantitative estimate of drug-likeness (QED) is 0.151. The van der Waals surface area contributed by atoms with E-state index >= 15 is 0 Å². The summed E-state index contributed by atoms with van der Waals surface area (Å²) >= 11 is 0. The Morgan fingerprint density at radius 3 is 1.53 bits per heavy atom. The number of hydrogen-bond donors (Lipinski definition) is 0. The molecular formula is C31H68N2O. The zero-order valence-corrected chi connectivity index (χ0v) is 25.5. The maximum absolute atomic E-state index is 13.2. The fourth-order valence-corrected chi connectivity index (χ4v) is 4.12. The summed E-state index contributed by atoms with van der Waals surface area (Å²) in [5, 5.41) is 0. The zero-order valence-electron chi connectivity index (χ0n) is 25.5. The Hall–Kier alpha value is -0.570. The molecule has 1 atom stereocenters. The predicted molar refractivity (Wildman–Crippen MR) is 157 cm³/mol. The molecule has 1 amide bonds. The second-order valence-corrected chi connectivity index (χ2v) is 9.97. The predicted octanol–water partition coefficient (Wildman–Crippen LogP) is 9.88. The second kappa shape index (κ2) is 32.4. The van der Waals surface area contributed by atoms with Crippen molar-refractivity contribution in [3.05, 3.63) is 0 Å². The van der Waals surface area contributed by atoms with Crippen LogP contribution in [0.4, 0.5) is 0 Å². The molecule has 0 radical (unpaired) electrons. The van der Waals surface area contributed by atoms with Crippen LogP contribution in [0.25, 0.3) is 0 Å². The third-order valence-electron chi connectivity index (χ3n) is 6.04. The van der Waals surface area contributed by atoms with Crippen molar-refractivity contribution >= 4 is 5.91 Å². The van der Waals surface area contributed by atoms with Gasteiger partial charge in [0.15, 0.2) is 0 Å². The van der Waals surface area contributed by atoms with Gasteiger partial charge in [0.25, 0.3) is 0 Å². The summed E-state index contributed by atoms with van der Waals surface area (Å²) in [6, 6.07) is 0.471. The fourth-order valence-electron chi connectivity index (χ4n) is 4.12. The third kappa shape index (κ3) is 27.7. The van der Waals surface area contributed by atoms with Crippen molar-refractivity contribution in [3.63, 3.8) is 0 Å². The smallest absolute Gasteiger partial charge is 0.222 e. The molecule has 0 aromatic rings. The molecule has 1 unspecified atom stereocenters. The number of amides is 1. The van der Waals surface area contributed by atoms with E-state index in [4.69, 9.17) is 0 Å². The topological polar surface area (TPSA) is 23.6 Å². The molecular weight excluding hydrogens is 416 g/mol. The molecule has 0 saturated heterocycles. The van der Waals surface area contributed by atoms with Crippen LogP contribution in [-0.2, 0) is 4.79 Å². The van der Waals surface area contributed by atoms with Crippen LogP contribution in [0.5, 0.6) is 0 Å². The number of rotatable bonds is 21. The van der Waals surface area contributed by atoms with Gasteiger partial charge in [-0.3, -0.25) is 4.79 Å². The first-order valence-corrected chi connectivity index (χ1v) is 15.4. The van der Waals surface area contributed by atoms with Gasteiger partial charge in [-0.05, 0) is 52.7 Å². The van der Waals surface area contributed by atoms with Gasteiger partial charge in [0, 0.05) is 19.0 Å². The first-order chi connectivity index (χ1) is 16.5. The lowest BCUT2D eigenvalue weighted by Gasteiger charge is -2.33. The second-order valence-electron chi connectivity index (χ2n) is 9.97. The summed E-state index contributed by atoms with van der Waals surface area (Å²) in [6.07, 6.45) is 22.0. The minimum atomic E-state index is 0.431. The van der Waals surface area contributed by atoms with Crippen molar-refractivity contribution in [1.82, 2.24) is 9.80 Å². The molecule has 0 spiro atoms. The largest absolute Gasteiger partial charge is 0.340 e. The number of carbonyl (C=O) groups is 1. The molecule has 0 N–H and O–H groups in total. The van der Waals surface area contributed by atoms with E-state index in [1.54, 1.807) is 0 Å². The van der Waals surface area contributed by atoms with Crippen LogP contribution in [0.2, 0.25) is 0 Å². The number of unbranched alkanes of at least 4 members (excludes halogenated alkanes) is 10. The molecule has 0 saturated carbocycles. The molecule has 0 rings (SSSR count). The average Bonchev–Trinajstić information content (AvgIpc) is 2.82. The molecule has 0 aliphatic rings. The Morgan fingerprint density at radius 1 is 0.588 bits per heavy atom. The molecule has 34 heavy (non-hydrogen) atoms. The van der Waals surface area contributed by atoms with E-state index in [1.807, 2.05) is 13.8 Å². The Kier molecular flexibility index (Phi) is 36.2. The third-order valence-corrected chi connectivity index (χ3v) is 6.04. The van der Waals surface area contributed by atoms with Crippen LogP contribution >= 0.6 is 0 Å². The van der Waals surface area contributed by atoms with E-state index in [0.29, 0.717) is 11.9 Å².